The fraction of sp³-hybridized carbons (Fsp3) is 0.150. The molecule has 0 aliphatic rings. The molecule has 0 atom stereocenters. The molecule has 2 aromatic carbocycles. The van der Waals surface area contributed by atoms with Crippen molar-refractivity contribution < 1.29 is 14.3 Å². The minimum Gasteiger partial charge on any atom is -0.452 e. The number of esters is 1. The Morgan fingerprint density at radius 2 is 1.88 bits per heavy atom. The van der Waals surface area contributed by atoms with Gasteiger partial charge < -0.3 is 15.0 Å². The summed E-state index contributed by atoms with van der Waals surface area (Å²) in [5, 5.41) is 2.76. The number of aromatic amines is 1. The summed E-state index contributed by atoms with van der Waals surface area (Å²) in [7, 11) is 0. The lowest BCUT2D eigenvalue weighted by molar-refractivity contribution is -0.119. The highest BCUT2D eigenvalue weighted by Crippen LogP contribution is 2.18. The number of ether oxygens (including phenoxy) is 1. The van der Waals surface area contributed by atoms with Crippen LogP contribution in [0.25, 0.3) is 11.4 Å². The third-order valence-corrected chi connectivity index (χ3v) is 4.11. The molecule has 1 aromatic heterocycles. The van der Waals surface area contributed by atoms with Crippen LogP contribution < -0.4 is 5.32 Å². The van der Waals surface area contributed by atoms with E-state index in [1.807, 2.05) is 32.0 Å². The van der Waals surface area contributed by atoms with Crippen LogP contribution >= 0.6 is 0 Å². The summed E-state index contributed by atoms with van der Waals surface area (Å²) in [6.45, 7) is 3.56. The van der Waals surface area contributed by atoms with Crippen molar-refractivity contribution in [2.24, 2.45) is 0 Å². The predicted molar refractivity (Wildman–Crippen MR) is 98.9 cm³/mol. The van der Waals surface area contributed by atoms with Gasteiger partial charge in [-0.25, -0.2) is 9.78 Å². The molecule has 0 saturated heterocycles. The Morgan fingerprint density at radius 3 is 2.58 bits per heavy atom. The highest BCUT2D eigenvalue weighted by molar-refractivity contribution is 5.96. The Labute approximate surface area is 151 Å². The van der Waals surface area contributed by atoms with Gasteiger partial charge >= 0.3 is 5.97 Å². The van der Waals surface area contributed by atoms with Crippen molar-refractivity contribution in [1.29, 1.82) is 0 Å². The lowest BCUT2D eigenvalue weighted by Crippen LogP contribution is -2.21. The Kier molecular flexibility index (Phi) is 5.12. The lowest BCUT2D eigenvalue weighted by atomic mass is 10.1. The number of benzene rings is 2. The second-order valence-corrected chi connectivity index (χ2v) is 5.89. The first-order chi connectivity index (χ1) is 12.5. The quantitative estimate of drug-likeness (QED) is 0.691. The number of hydrogen-bond donors (Lipinski definition) is 2. The van der Waals surface area contributed by atoms with Gasteiger partial charge in [-0.15, -0.1) is 0 Å². The molecule has 3 rings (SSSR count). The number of H-pyrrole nitrogens is 1. The topological polar surface area (TPSA) is 84.1 Å². The van der Waals surface area contributed by atoms with E-state index in [2.05, 4.69) is 15.3 Å². The molecule has 0 unspecified atom stereocenters. The number of carbonyl (C=O) groups is 2. The predicted octanol–water partition coefficient (Wildman–Crippen LogP) is 3.49. The molecule has 0 fully saturated rings. The number of nitrogens with zero attached hydrogens (tertiary/aromatic N) is 1. The number of aryl methyl sites for hydroxylation is 1. The van der Waals surface area contributed by atoms with Crippen molar-refractivity contribution in [2.45, 2.75) is 13.8 Å². The van der Waals surface area contributed by atoms with Crippen molar-refractivity contribution in [1.82, 2.24) is 9.97 Å². The van der Waals surface area contributed by atoms with Gasteiger partial charge in [0.2, 0.25) is 0 Å². The van der Waals surface area contributed by atoms with E-state index in [1.54, 1.807) is 36.7 Å². The number of imidazole rings is 1. The highest BCUT2D eigenvalue weighted by atomic mass is 16.5. The molecule has 1 amide bonds. The number of hydrogen-bond acceptors (Lipinski definition) is 4. The summed E-state index contributed by atoms with van der Waals surface area (Å²) >= 11 is 0. The normalized spacial score (nSPS) is 10.4. The summed E-state index contributed by atoms with van der Waals surface area (Å²) in [5.74, 6) is -0.204. The molecule has 1 heterocycles. The maximum Gasteiger partial charge on any atom is 0.338 e. The minimum atomic E-state index is -0.549. The van der Waals surface area contributed by atoms with Crippen molar-refractivity contribution in [3.8, 4) is 11.4 Å². The molecular weight excluding hydrogens is 330 g/mol. The van der Waals surface area contributed by atoms with Crippen LogP contribution in [0.2, 0.25) is 0 Å². The number of carbonyl (C=O) groups excluding carboxylic acids is 2. The summed E-state index contributed by atoms with van der Waals surface area (Å²) in [6, 6.07) is 12.5. The van der Waals surface area contributed by atoms with Gasteiger partial charge in [0.15, 0.2) is 6.61 Å². The van der Waals surface area contributed by atoms with Crippen LogP contribution in [0.5, 0.6) is 0 Å². The second kappa shape index (κ2) is 7.65. The van der Waals surface area contributed by atoms with Gasteiger partial charge in [-0.3, -0.25) is 4.79 Å². The van der Waals surface area contributed by atoms with Crippen LogP contribution in [0.3, 0.4) is 0 Å². The van der Waals surface area contributed by atoms with E-state index in [4.69, 9.17) is 4.74 Å². The number of aromatic nitrogens is 2. The van der Waals surface area contributed by atoms with Crippen LogP contribution in [0.4, 0.5) is 5.69 Å². The molecule has 0 bridgehead atoms. The molecule has 6 heteroatoms. The van der Waals surface area contributed by atoms with Crippen LogP contribution in [0.1, 0.15) is 21.5 Å². The zero-order chi connectivity index (χ0) is 18.5. The Balaban J connectivity index is 1.56. The van der Waals surface area contributed by atoms with Crippen LogP contribution in [0, 0.1) is 13.8 Å². The fourth-order valence-electron chi connectivity index (χ4n) is 2.47. The summed E-state index contributed by atoms with van der Waals surface area (Å²) in [6.07, 6.45) is 3.39. The van der Waals surface area contributed by atoms with E-state index < -0.39 is 5.97 Å². The molecule has 0 spiro atoms. The Bertz CT molecular complexity index is 916. The van der Waals surface area contributed by atoms with E-state index in [1.165, 1.54) is 0 Å². The largest absolute Gasteiger partial charge is 0.452 e. The maximum atomic E-state index is 12.1. The van der Waals surface area contributed by atoms with Gasteiger partial charge in [-0.1, -0.05) is 24.3 Å². The third-order valence-electron chi connectivity index (χ3n) is 4.11. The number of nitrogens with one attached hydrogen (secondary N) is 2. The first kappa shape index (κ1) is 17.4. The van der Waals surface area contributed by atoms with E-state index in [9.17, 15) is 9.59 Å². The van der Waals surface area contributed by atoms with Crippen molar-refractivity contribution in [3.63, 3.8) is 0 Å². The monoisotopic (exact) mass is 349 g/mol. The zero-order valence-corrected chi connectivity index (χ0v) is 14.6. The van der Waals surface area contributed by atoms with Gasteiger partial charge in [-0.05, 0) is 43.2 Å². The molecule has 0 aliphatic heterocycles. The molecule has 6 nitrogen and oxygen atoms in total. The smallest absolute Gasteiger partial charge is 0.338 e. The standard InChI is InChI=1S/C20H19N3O3/c1-13-4-3-5-17(14(13)2)23-18(24)12-26-20(25)16-8-6-15(7-9-16)19-21-10-11-22-19/h3-11H,12H2,1-2H3,(H,21,22)(H,23,24). The zero-order valence-electron chi connectivity index (χ0n) is 14.6. The first-order valence-corrected chi connectivity index (χ1v) is 8.17. The van der Waals surface area contributed by atoms with E-state index in [-0.39, 0.29) is 12.5 Å². The van der Waals surface area contributed by atoms with E-state index in [0.29, 0.717) is 11.3 Å². The molecule has 2 N–H and O–H groups in total. The summed E-state index contributed by atoms with van der Waals surface area (Å²) in [5.41, 5.74) is 4.02. The van der Waals surface area contributed by atoms with Crippen LogP contribution in [0.15, 0.2) is 54.9 Å². The highest BCUT2D eigenvalue weighted by Gasteiger charge is 2.12. The SMILES string of the molecule is Cc1cccc(NC(=O)COC(=O)c2ccc(-c3ncc[nH]3)cc2)c1C. The molecule has 3 aromatic rings. The fourth-order valence-corrected chi connectivity index (χ4v) is 2.47. The number of rotatable bonds is 5. The molecule has 0 radical (unpaired) electrons. The molecular formula is C20H19N3O3. The van der Waals surface area contributed by atoms with Gasteiger partial charge in [-0.2, -0.15) is 0 Å². The average Bonchev–Trinajstić information content (AvgIpc) is 3.18. The summed E-state index contributed by atoms with van der Waals surface area (Å²) < 4.78 is 5.09. The van der Waals surface area contributed by atoms with E-state index in [0.717, 1.165) is 22.5 Å². The Hall–Kier alpha value is -3.41. The third kappa shape index (κ3) is 3.97. The Morgan fingerprint density at radius 1 is 1.12 bits per heavy atom. The molecule has 26 heavy (non-hydrogen) atoms. The number of anilines is 1. The first-order valence-electron chi connectivity index (χ1n) is 8.17. The van der Waals surface area contributed by atoms with Crippen molar-refractivity contribution in [2.75, 3.05) is 11.9 Å². The van der Waals surface area contributed by atoms with Gasteiger partial charge in [0, 0.05) is 23.6 Å². The average molecular weight is 349 g/mol. The van der Waals surface area contributed by atoms with Crippen molar-refractivity contribution >= 4 is 17.6 Å². The van der Waals surface area contributed by atoms with Crippen LogP contribution in [-0.4, -0.2) is 28.5 Å². The molecule has 0 aliphatic carbocycles. The second-order valence-electron chi connectivity index (χ2n) is 5.89. The summed E-state index contributed by atoms with van der Waals surface area (Å²) in [4.78, 5) is 31.3. The van der Waals surface area contributed by atoms with E-state index >= 15 is 0 Å². The minimum absolute atomic E-state index is 0.341. The lowest BCUT2D eigenvalue weighted by Gasteiger charge is -2.10. The molecule has 132 valence electrons. The van der Waals surface area contributed by atoms with Crippen molar-refractivity contribution in [3.05, 3.63) is 71.5 Å². The number of amides is 1. The van der Waals surface area contributed by atoms with Gasteiger partial charge in [0.05, 0.1) is 5.56 Å². The van der Waals surface area contributed by atoms with Crippen LogP contribution in [-0.2, 0) is 9.53 Å². The molecule has 0 saturated carbocycles. The van der Waals surface area contributed by atoms with Gasteiger partial charge in [0.1, 0.15) is 5.82 Å². The maximum absolute atomic E-state index is 12.1. The van der Waals surface area contributed by atoms with Gasteiger partial charge in [0.25, 0.3) is 5.91 Å².